The van der Waals surface area contributed by atoms with Gasteiger partial charge in [0.25, 0.3) is 5.69 Å². The lowest BCUT2D eigenvalue weighted by Crippen LogP contribution is -2.10. The van der Waals surface area contributed by atoms with E-state index < -0.39 is 0 Å². The van der Waals surface area contributed by atoms with Gasteiger partial charge in [-0.25, -0.2) is 0 Å². The zero-order chi connectivity index (χ0) is 17.9. The van der Waals surface area contributed by atoms with Gasteiger partial charge in [-0.2, -0.15) is 5.10 Å². The lowest BCUT2D eigenvalue weighted by Gasteiger charge is -2.10. The van der Waals surface area contributed by atoms with Crippen molar-refractivity contribution in [2.24, 2.45) is 5.10 Å². The molecule has 5 nitrogen and oxygen atoms in total. The van der Waals surface area contributed by atoms with Crippen molar-refractivity contribution in [3.8, 4) is 11.1 Å². The second-order valence-corrected chi connectivity index (χ2v) is 6.24. The molecule has 0 bridgehead atoms. The number of hydrogen-bond donors (Lipinski definition) is 1. The molecule has 4 rings (SSSR count). The molecule has 1 aliphatic heterocycles. The summed E-state index contributed by atoms with van der Waals surface area (Å²) in [5.74, 6) is 0. The molecule has 0 amide bonds. The Bertz CT molecular complexity index is 966. The molecule has 26 heavy (non-hydrogen) atoms. The van der Waals surface area contributed by atoms with Gasteiger partial charge < -0.3 is 5.43 Å². The van der Waals surface area contributed by atoms with Gasteiger partial charge in [0.15, 0.2) is 0 Å². The Hall–Kier alpha value is -3.47. The van der Waals surface area contributed by atoms with Crippen LogP contribution in [0.15, 0.2) is 84.0 Å². The fourth-order valence-corrected chi connectivity index (χ4v) is 3.16. The molecular formula is C21H17N3O2. The maximum Gasteiger partial charge on any atom is 0.269 e. The summed E-state index contributed by atoms with van der Waals surface area (Å²) < 4.78 is 0. The molecule has 128 valence electrons. The van der Waals surface area contributed by atoms with Crippen LogP contribution >= 0.6 is 0 Å². The number of nitro benzene ring substituents is 1. The van der Waals surface area contributed by atoms with Gasteiger partial charge >= 0.3 is 0 Å². The third kappa shape index (κ3) is 3.19. The average molecular weight is 343 g/mol. The number of nitro groups is 1. The van der Waals surface area contributed by atoms with Crippen LogP contribution in [0.2, 0.25) is 0 Å². The molecule has 0 aliphatic carbocycles. The standard InChI is InChI=1S/C21H17N3O2/c25-24(26)19-8-4-7-18(13-19)21-14-20(22-23-21)17-11-9-16(10-12-17)15-5-2-1-3-6-15/h1-13,21,23H,14H2. The van der Waals surface area contributed by atoms with Gasteiger partial charge in [0.05, 0.1) is 16.7 Å². The Morgan fingerprint density at radius 1 is 0.885 bits per heavy atom. The van der Waals surface area contributed by atoms with E-state index in [9.17, 15) is 10.1 Å². The smallest absolute Gasteiger partial charge is 0.269 e. The van der Waals surface area contributed by atoms with Gasteiger partial charge in [-0.05, 0) is 22.3 Å². The first-order valence-electron chi connectivity index (χ1n) is 8.43. The van der Waals surface area contributed by atoms with E-state index in [1.165, 1.54) is 11.6 Å². The molecular weight excluding hydrogens is 326 g/mol. The van der Waals surface area contributed by atoms with E-state index >= 15 is 0 Å². The maximum absolute atomic E-state index is 11.0. The first-order chi connectivity index (χ1) is 12.7. The van der Waals surface area contributed by atoms with Crippen LogP contribution in [0, 0.1) is 10.1 Å². The summed E-state index contributed by atoms with van der Waals surface area (Å²) in [6.45, 7) is 0. The molecule has 5 heteroatoms. The van der Waals surface area contributed by atoms with Crippen LogP contribution in [0.3, 0.4) is 0 Å². The molecule has 1 aliphatic rings. The van der Waals surface area contributed by atoms with Crippen molar-refractivity contribution < 1.29 is 4.92 Å². The molecule has 0 spiro atoms. The van der Waals surface area contributed by atoms with Crippen LogP contribution < -0.4 is 5.43 Å². The highest BCUT2D eigenvalue weighted by Crippen LogP contribution is 2.28. The number of hydrogen-bond acceptors (Lipinski definition) is 4. The fraction of sp³-hybridized carbons (Fsp3) is 0.0952. The second-order valence-electron chi connectivity index (χ2n) is 6.24. The minimum absolute atomic E-state index is 0.0429. The van der Waals surface area contributed by atoms with Crippen molar-refractivity contribution in [2.75, 3.05) is 0 Å². The van der Waals surface area contributed by atoms with Gasteiger partial charge in [-0.3, -0.25) is 10.1 Å². The lowest BCUT2D eigenvalue weighted by atomic mass is 9.97. The van der Waals surface area contributed by atoms with Crippen molar-refractivity contribution in [3.63, 3.8) is 0 Å². The number of nitrogens with zero attached hydrogens (tertiary/aromatic N) is 2. The Balaban J connectivity index is 1.50. The van der Waals surface area contributed by atoms with Crippen LogP contribution in [0.5, 0.6) is 0 Å². The minimum atomic E-state index is -0.372. The van der Waals surface area contributed by atoms with Gasteiger partial charge in [-0.15, -0.1) is 0 Å². The van der Waals surface area contributed by atoms with E-state index in [0.29, 0.717) is 6.42 Å². The average Bonchev–Trinajstić information content (AvgIpc) is 3.19. The van der Waals surface area contributed by atoms with Gasteiger partial charge in [0, 0.05) is 18.6 Å². The minimum Gasteiger partial charge on any atom is -0.302 e. The van der Waals surface area contributed by atoms with E-state index in [1.807, 2.05) is 24.3 Å². The third-order valence-electron chi connectivity index (χ3n) is 4.56. The second kappa shape index (κ2) is 6.80. The third-order valence-corrected chi connectivity index (χ3v) is 4.56. The molecule has 0 aromatic heterocycles. The van der Waals surface area contributed by atoms with E-state index in [4.69, 9.17) is 0 Å². The predicted molar refractivity (Wildman–Crippen MR) is 102 cm³/mol. The summed E-state index contributed by atoms with van der Waals surface area (Å²) in [4.78, 5) is 10.6. The first kappa shape index (κ1) is 16.0. The van der Waals surface area contributed by atoms with Crippen molar-refractivity contribution in [3.05, 3.63) is 100 Å². The van der Waals surface area contributed by atoms with Gasteiger partial charge in [-0.1, -0.05) is 66.7 Å². The van der Waals surface area contributed by atoms with Crippen molar-refractivity contribution >= 4 is 11.4 Å². The Kier molecular flexibility index (Phi) is 4.19. The molecule has 3 aromatic carbocycles. The zero-order valence-corrected chi connectivity index (χ0v) is 14.0. The summed E-state index contributed by atoms with van der Waals surface area (Å²) in [6, 6.07) is 25.2. The molecule has 1 N–H and O–H groups in total. The molecule has 0 saturated carbocycles. The highest BCUT2D eigenvalue weighted by atomic mass is 16.6. The highest BCUT2D eigenvalue weighted by Gasteiger charge is 2.22. The summed E-state index contributed by atoms with van der Waals surface area (Å²) in [6.07, 6.45) is 0.700. The topological polar surface area (TPSA) is 67.5 Å². The number of benzene rings is 3. The summed E-state index contributed by atoms with van der Waals surface area (Å²) in [5.41, 5.74) is 8.44. The van der Waals surface area contributed by atoms with Crippen LogP contribution in [-0.4, -0.2) is 10.6 Å². The van der Waals surface area contributed by atoms with Gasteiger partial charge in [0.2, 0.25) is 0 Å². The molecule has 1 unspecified atom stereocenters. The molecule has 1 heterocycles. The Morgan fingerprint density at radius 3 is 2.31 bits per heavy atom. The molecule has 0 saturated heterocycles. The van der Waals surface area contributed by atoms with Gasteiger partial charge in [0.1, 0.15) is 0 Å². The van der Waals surface area contributed by atoms with Crippen LogP contribution in [0.25, 0.3) is 11.1 Å². The fourth-order valence-electron chi connectivity index (χ4n) is 3.16. The molecule has 1 atom stereocenters. The molecule has 0 fully saturated rings. The van der Waals surface area contributed by atoms with E-state index in [2.05, 4.69) is 46.9 Å². The SMILES string of the molecule is O=[N+]([O-])c1cccc(C2CC(c3ccc(-c4ccccc4)cc3)=NN2)c1. The number of nitrogens with one attached hydrogen (secondary N) is 1. The van der Waals surface area contributed by atoms with Crippen molar-refractivity contribution in [1.82, 2.24) is 5.43 Å². The predicted octanol–water partition coefficient (Wildman–Crippen LogP) is 4.70. The monoisotopic (exact) mass is 343 g/mol. The van der Waals surface area contributed by atoms with Crippen LogP contribution in [0.4, 0.5) is 5.69 Å². The van der Waals surface area contributed by atoms with Crippen LogP contribution in [-0.2, 0) is 0 Å². The number of non-ortho nitro benzene ring substituents is 1. The number of rotatable bonds is 4. The highest BCUT2D eigenvalue weighted by molar-refractivity contribution is 6.02. The first-order valence-corrected chi connectivity index (χ1v) is 8.43. The summed E-state index contributed by atoms with van der Waals surface area (Å²) in [5, 5.41) is 15.4. The summed E-state index contributed by atoms with van der Waals surface area (Å²) in [7, 11) is 0. The van der Waals surface area contributed by atoms with E-state index in [0.717, 1.165) is 22.4 Å². The Labute approximate surface area is 151 Å². The lowest BCUT2D eigenvalue weighted by molar-refractivity contribution is -0.384. The molecule has 3 aromatic rings. The normalized spacial score (nSPS) is 16.0. The zero-order valence-electron chi connectivity index (χ0n) is 14.0. The Morgan fingerprint density at radius 2 is 1.58 bits per heavy atom. The number of hydrazone groups is 1. The summed E-state index contributed by atoms with van der Waals surface area (Å²) >= 11 is 0. The van der Waals surface area contributed by atoms with Crippen molar-refractivity contribution in [2.45, 2.75) is 12.5 Å². The van der Waals surface area contributed by atoms with Crippen molar-refractivity contribution in [1.29, 1.82) is 0 Å². The van der Waals surface area contributed by atoms with E-state index in [1.54, 1.807) is 12.1 Å². The van der Waals surface area contributed by atoms with Crippen LogP contribution in [0.1, 0.15) is 23.6 Å². The maximum atomic E-state index is 11.0. The largest absolute Gasteiger partial charge is 0.302 e. The quantitative estimate of drug-likeness (QED) is 0.551. The molecule has 0 radical (unpaired) electrons. The van der Waals surface area contributed by atoms with E-state index in [-0.39, 0.29) is 16.7 Å².